The van der Waals surface area contributed by atoms with Gasteiger partial charge in [-0.05, 0) is 55.5 Å². The number of aromatic nitrogens is 3. The number of oxazole rings is 1. The van der Waals surface area contributed by atoms with Gasteiger partial charge in [-0.25, -0.2) is 14.4 Å². The molecule has 0 saturated carbocycles. The zero-order valence-electron chi connectivity index (χ0n) is 19.2. The lowest BCUT2D eigenvalue weighted by Gasteiger charge is -2.40. The van der Waals surface area contributed by atoms with Gasteiger partial charge in [0.05, 0.1) is 17.2 Å². The zero-order valence-corrected chi connectivity index (χ0v) is 19.2. The summed E-state index contributed by atoms with van der Waals surface area (Å²) in [6.07, 6.45) is 4.99. The first-order valence-corrected chi connectivity index (χ1v) is 11.5. The summed E-state index contributed by atoms with van der Waals surface area (Å²) in [6, 6.07) is 12.5. The monoisotopic (exact) mass is 459 g/mol. The summed E-state index contributed by atoms with van der Waals surface area (Å²) in [5, 5.41) is 3.27. The fourth-order valence-corrected chi connectivity index (χ4v) is 4.70. The number of nitrogens with one attached hydrogen (secondary N) is 1. The summed E-state index contributed by atoms with van der Waals surface area (Å²) in [5.74, 6) is -0.264. The number of anilines is 1. The molecular weight excluding hydrogens is 433 g/mol. The first-order valence-electron chi connectivity index (χ1n) is 11.5. The van der Waals surface area contributed by atoms with Crippen LogP contribution >= 0.6 is 0 Å². The molecule has 2 atom stereocenters. The van der Waals surface area contributed by atoms with Crippen LogP contribution in [0.4, 0.5) is 10.4 Å². The highest BCUT2D eigenvalue weighted by molar-refractivity contribution is 6.02. The molecule has 1 saturated heterocycles. The Kier molecular flexibility index (Phi) is 5.96. The van der Waals surface area contributed by atoms with E-state index in [4.69, 9.17) is 4.42 Å². The van der Waals surface area contributed by atoms with Crippen LogP contribution in [0.25, 0.3) is 22.5 Å². The van der Waals surface area contributed by atoms with E-state index >= 15 is 4.39 Å². The maximum absolute atomic E-state index is 15.0. The van der Waals surface area contributed by atoms with Crippen LogP contribution in [-0.4, -0.2) is 44.9 Å². The molecule has 8 heteroatoms. The molecule has 5 rings (SSSR count). The molecule has 0 radical (unpaired) electrons. The van der Waals surface area contributed by atoms with E-state index in [1.165, 1.54) is 6.07 Å². The normalized spacial score (nSPS) is 18.3. The van der Waals surface area contributed by atoms with E-state index in [0.29, 0.717) is 35.8 Å². The van der Waals surface area contributed by atoms with Gasteiger partial charge in [-0.3, -0.25) is 4.79 Å². The summed E-state index contributed by atoms with van der Waals surface area (Å²) in [4.78, 5) is 28.7. The second kappa shape index (κ2) is 9.21. The number of carbonyl (C=O) groups excluding carboxylic acids is 1. The van der Waals surface area contributed by atoms with E-state index < -0.39 is 5.82 Å². The zero-order chi connectivity index (χ0) is 23.7. The van der Waals surface area contributed by atoms with Crippen LogP contribution in [0.1, 0.15) is 35.7 Å². The van der Waals surface area contributed by atoms with E-state index in [0.717, 1.165) is 18.4 Å². The van der Waals surface area contributed by atoms with Crippen molar-refractivity contribution in [3.8, 4) is 11.4 Å². The number of piperidine rings is 1. The van der Waals surface area contributed by atoms with Crippen molar-refractivity contribution >= 4 is 23.0 Å². The number of halogens is 1. The van der Waals surface area contributed by atoms with Crippen molar-refractivity contribution in [1.82, 2.24) is 19.9 Å². The molecule has 1 amide bonds. The molecule has 34 heavy (non-hydrogen) atoms. The Hall–Kier alpha value is -3.81. The van der Waals surface area contributed by atoms with Gasteiger partial charge >= 0.3 is 0 Å². The molecule has 3 heterocycles. The smallest absolute Gasteiger partial charge is 0.295 e. The van der Waals surface area contributed by atoms with E-state index in [-0.39, 0.29) is 29.3 Å². The lowest BCUT2D eigenvalue weighted by atomic mass is 9.89. The number of nitrogens with zero attached hydrogens (tertiary/aromatic N) is 4. The minimum Gasteiger partial charge on any atom is -0.424 e. The van der Waals surface area contributed by atoms with Gasteiger partial charge in [-0.15, -0.1) is 0 Å². The van der Waals surface area contributed by atoms with Gasteiger partial charge in [-0.1, -0.05) is 25.1 Å². The van der Waals surface area contributed by atoms with E-state index in [1.54, 1.807) is 24.5 Å². The first kappa shape index (κ1) is 22.0. The van der Waals surface area contributed by atoms with Gasteiger partial charge in [0.25, 0.3) is 11.9 Å². The van der Waals surface area contributed by atoms with Crippen LogP contribution in [0, 0.1) is 18.7 Å². The molecule has 174 valence electrons. The predicted octanol–water partition coefficient (Wildman–Crippen LogP) is 5.09. The Morgan fingerprint density at radius 2 is 1.97 bits per heavy atom. The minimum atomic E-state index is -0.508. The maximum Gasteiger partial charge on any atom is 0.295 e. The molecule has 1 N–H and O–H groups in total. The second-order valence-electron chi connectivity index (χ2n) is 8.74. The van der Waals surface area contributed by atoms with E-state index in [2.05, 4.69) is 27.2 Å². The fraction of sp³-hybridized carbons (Fsp3) is 0.308. The molecule has 0 bridgehead atoms. The third kappa shape index (κ3) is 4.11. The standard InChI is InChI=1S/C26H26FN5O2/c1-16-7-5-14-32(20(16)15-30-26-31-19-8-3-4-9-21(19)34-26)25(33)22-17(2)10-11-18(27)23(22)24-28-12-6-13-29-24/h3-4,6,8-13,16,20H,5,7,14-15H2,1-2H3,(H,30,31)/t16-,20-/m1/s1. The highest BCUT2D eigenvalue weighted by Crippen LogP contribution is 2.32. The van der Waals surface area contributed by atoms with Gasteiger partial charge < -0.3 is 14.6 Å². The van der Waals surface area contributed by atoms with Crippen LogP contribution < -0.4 is 5.32 Å². The average molecular weight is 460 g/mol. The quantitative estimate of drug-likeness (QED) is 0.448. The second-order valence-corrected chi connectivity index (χ2v) is 8.74. The lowest BCUT2D eigenvalue weighted by Crippen LogP contribution is -2.51. The third-order valence-electron chi connectivity index (χ3n) is 6.50. The highest BCUT2D eigenvalue weighted by atomic mass is 19.1. The Morgan fingerprint density at radius 1 is 1.18 bits per heavy atom. The Labute approximate surface area is 197 Å². The first-order chi connectivity index (χ1) is 16.5. The van der Waals surface area contributed by atoms with Crippen molar-refractivity contribution in [1.29, 1.82) is 0 Å². The van der Waals surface area contributed by atoms with Crippen molar-refractivity contribution in [2.75, 3.05) is 18.4 Å². The maximum atomic E-state index is 15.0. The molecule has 0 spiro atoms. The van der Waals surface area contributed by atoms with Crippen LogP contribution in [-0.2, 0) is 0 Å². The number of hydrogen-bond donors (Lipinski definition) is 1. The number of benzene rings is 2. The summed E-state index contributed by atoms with van der Waals surface area (Å²) in [5.41, 5.74) is 2.63. The number of para-hydroxylation sites is 2. The van der Waals surface area contributed by atoms with E-state index in [1.807, 2.05) is 36.1 Å². The topological polar surface area (TPSA) is 84.2 Å². The van der Waals surface area contributed by atoms with E-state index in [9.17, 15) is 4.79 Å². The highest BCUT2D eigenvalue weighted by Gasteiger charge is 2.35. The van der Waals surface area contributed by atoms with Crippen LogP contribution in [0.15, 0.2) is 59.3 Å². The summed E-state index contributed by atoms with van der Waals surface area (Å²) in [6.45, 7) is 5.02. The SMILES string of the molecule is Cc1ccc(F)c(-c2ncccn2)c1C(=O)N1CCC[C@@H](C)[C@H]1CNc1nc2ccccc2o1. The van der Waals surface area contributed by atoms with Crippen LogP contribution in [0.3, 0.4) is 0 Å². The molecular formula is C26H26FN5O2. The molecule has 0 unspecified atom stereocenters. The van der Waals surface area contributed by atoms with Crippen molar-refractivity contribution < 1.29 is 13.6 Å². The Balaban J connectivity index is 1.46. The van der Waals surface area contributed by atoms with Crippen LogP contribution in [0.2, 0.25) is 0 Å². The molecule has 1 aliphatic heterocycles. The number of amides is 1. The summed E-state index contributed by atoms with van der Waals surface area (Å²) >= 11 is 0. The molecule has 2 aromatic carbocycles. The van der Waals surface area contributed by atoms with Gasteiger partial charge in [-0.2, -0.15) is 4.98 Å². The lowest BCUT2D eigenvalue weighted by molar-refractivity contribution is 0.0539. The molecule has 4 aromatic rings. The summed E-state index contributed by atoms with van der Waals surface area (Å²) < 4.78 is 20.8. The predicted molar refractivity (Wildman–Crippen MR) is 128 cm³/mol. The Morgan fingerprint density at radius 3 is 2.76 bits per heavy atom. The molecule has 7 nitrogen and oxygen atoms in total. The number of fused-ring (bicyclic) bond motifs is 1. The van der Waals surface area contributed by atoms with Crippen LogP contribution in [0.5, 0.6) is 0 Å². The minimum absolute atomic E-state index is 0.108. The molecule has 1 aliphatic rings. The van der Waals surface area contributed by atoms with Crippen molar-refractivity contribution in [2.45, 2.75) is 32.7 Å². The van der Waals surface area contributed by atoms with Gasteiger partial charge in [0.15, 0.2) is 11.4 Å². The van der Waals surface area contributed by atoms with Crippen molar-refractivity contribution in [2.24, 2.45) is 5.92 Å². The third-order valence-corrected chi connectivity index (χ3v) is 6.50. The van der Waals surface area contributed by atoms with Crippen molar-refractivity contribution in [3.05, 3.63) is 71.8 Å². The Bertz CT molecular complexity index is 1290. The van der Waals surface area contributed by atoms with Gasteiger partial charge in [0, 0.05) is 25.5 Å². The summed E-state index contributed by atoms with van der Waals surface area (Å²) in [7, 11) is 0. The van der Waals surface area contributed by atoms with Gasteiger partial charge in [0.2, 0.25) is 0 Å². The van der Waals surface area contributed by atoms with Crippen molar-refractivity contribution in [3.63, 3.8) is 0 Å². The number of carbonyl (C=O) groups is 1. The largest absolute Gasteiger partial charge is 0.424 e. The number of hydrogen-bond acceptors (Lipinski definition) is 6. The fourth-order valence-electron chi connectivity index (χ4n) is 4.70. The molecule has 0 aliphatic carbocycles. The number of rotatable bonds is 5. The molecule has 2 aromatic heterocycles. The van der Waals surface area contributed by atoms with Gasteiger partial charge in [0.1, 0.15) is 11.3 Å². The number of aryl methyl sites for hydroxylation is 1. The molecule has 1 fully saturated rings. The number of likely N-dealkylation sites (tertiary alicyclic amines) is 1. The average Bonchev–Trinajstić information content (AvgIpc) is 3.27.